The summed E-state index contributed by atoms with van der Waals surface area (Å²) >= 11 is 0. The molecule has 0 N–H and O–H groups in total. The van der Waals surface area contributed by atoms with Crippen LogP contribution in [-0.4, -0.2) is 13.1 Å². The van der Waals surface area contributed by atoms with Gasteiger partial charge in [0.15, 0.2) is 0 Å². The lowest BCUT2D eigenvalue weighted by Gasteiger charge is -2.06. The first-order valence-corrected chi connectivity index (χ1v) is 5.90. The van der Waals surface area contributed by atoms with Crippen molar-refractivity contribution in [2.75, 3.05) is 7.11 Å². The van der Waals surface area contributed by atoms with E-state index in [0.29, 0.717) is 5.56 Å². The van der Waals surface area contributed by atoms with Crippen LogP contribution in [0.25, 0.3) is 11.1 Å². The summed E-state index contributed by atoms with van der Waals surface area (Å²) in [5, 5.41) is 9.23. The third-order valence-corrected chi connectivity index (χ3v) is 2.87. The molecule has 0 aromatic heterocycles. The molecule has 0 aliphatic heterocycles. The van der Waals surface area contributed by atoms with Gasteiger partial charge in [-0.1, -0.05) is 42.5 Å². The lowest BCUT2D eigenvalue weighted by atomic mass is 9.97. The third-order valence-electron chi connectivity index (χ3n) is 2.87. The molecule has 94 valence electrons. The minimum absolute atomic E-state index is 0.181. The summed E-state index contributed by atoms with van der Waals surface area (Å²) in [6.07, 6.45) is 0.181. The predicted octanol–water partition coefficient (Wildman–Crippen LogP) is 2.94. The second-order valence-corrected chi connectivity index (χ2v) is 4.11. The Morgan fingerprint density at radius 2 is 1.95 bits per heavy atom. The minimum atomic E-state index is -0.309. The number of hydrogen-bond acceptors (Lipinski definition) is 3. The van der Waals surface area contributed by atoms with Gasteiger partial charge in [-0.3, -0.25) is 4.79 Å². The molecule has 0 aliphatic carbocycles. The molecule has 0 bridgehead atoms. The van der Waals surface area contributed by atoms with E-state index in [1.54, 1.807) is 6.07 Å². The molecule has 0 saturated carbocycles. The van der Waals surface area contributed by atoms with E-state index in [1.807, 2.05) is 42.5 Å². The van der Waals surface area contributed by atoms with Crippen molar-refractivity contribution in [3.8, 4) is 17.2 Å². The fourth-order valence-corrected chi connectivity index (χ4v) is 1.90. The van der Waals surface area contributed by atoms with Gasteiger partial charge in [-0.15, -0.1) is 0 Å². The second kappa shape index (κ2) is 5.83. The number of ether oxygens (including phenoxy) is 1. The summed E-state index contributed by atoms with van der Waals surface area (Å²) in [6.45, 7) is 0. The molecule has 0 aliphatic rings. The Bertz CT molecular complexity index is 627. The predicted molar refractivity (Wildman–Crippen MR) is 72.3 cm³/mol. The highest BCUT2D eigenvalue weighted by Crippen LogP contribution is 2.24. The Morgan fingerprint density at radius 1 is 1.21 bits per heavy atom. The van der Waals surface area contributed by atoms with Crippen LogP contribution in [-0.2, 0) is 16.0 Å². The van der Waals surface area contributed by atoms with Gasteiger partial charge in [0, 0.05) is 0 Å². The molecule has 0 atom stereocenters. The van der Waals surface area contributed by atoms with Crippen LogP contribution < -0.4 is 0 Å². The molecule has 0 heterocycles. The van der Waals surface area contributed by atoms with Gasteiger partial charge in [-0.25, -0.2) is 0 Å². The monoisotopic (exact) mass is 251 g/mol. The molecule has 2 rings (SSSR count). The number of nitrogens with zero attached hydrogens (tertiary/aromatic N) is 1. The first-order valence-electron chi connectivity index (χ1n) is 5.90. The van der Waals surface area contributed by atoms with E-state index >= 15 is 0 Å². The zero-order chi connectivity index (χ0) is 13.7. The molecule has 0 saturated heterocycles. The van der Waals surface area contributed by atoms with Crippen molar-refractivity contribution in [1.29, 1.82) is 5.26 Å². The molecular formula is C16H13NO2. The van der Waals surface area contributed by atoms with Gasteiger partial charge in [0.2, 0.25) is 0 Å². The van der Waals surface area contributed by atoms with Crippen LogP contribution in [0.2, 0.25) is 0 Å². The first kappa shape index (κ1) is 12.8. The smallest absolute Gasteiger partial charge is 0.309 e. The van der Waals surface area contributed by atoms with Crippen LogP contribution in [0.1, 0.15) is 11.1 Å². The summed E-state index contributed by atoms with van der Waals surface area (Å²) in [4.78, 5) is 11.2. The van der Waals surface area contributed by atoms with Gasteiger partial charge in [0.25, 0.3) is 0 Å². The molecule has 19 heavy (non-hydrogen) atoms. The number of benzene rings is 2. The van der Waals surface area contributed by atoms with Gasteiger partial charge in [-0.2, -0.15) is 5.26 Å². The van der Waals surface area contributed by atoms with Crippen molar-refractivity contribution in [3.63, 3.8) is 0 Å². The normalized spacial score (nSPS) is 9.68. The Morgan fingerprint density at radius 3 is 2.58 bits per heavy atom. The number of nitriles is 1. The third kappa shape index (κ3) is 2.99. The number of hydrogen-bond donors (Lipinski definition) is 0. The standard InChI is InChI=1S/C16H13NO2/c1-19-16(18)10-12-7-8-15(14(9-12)11-17)13-5-3-2-4-6-13/h2-9H,10H2,1H3. The molecule has 0 amide bonds. The molecule has 3 heteroatoms. The number of methoxy groups -OCH3 is 1. The summed E-state index contributed by atoms with van der Waals surface area (Å²) in [5.74, 6) is -0.309. The first-order chi connectivity index (χ1) is 9.24. The number of esters is 1. The maximum Gasteiger partial charge on any atom is 0.309 e. The van der Waals surface area contributed by atoms with Crippen LogP contribution in [0, 0.1) is 11.3 Å². The van der Waals surface area contributed by atoms with Crippen LogP contribution >= 0.6 is 0 Å². The highest BCUT2D eigenvalue weighted by molar-refractivity contribution is 5.75. The maximum absolute atomic E-state index is 11.2. The number of rotatable bonds is 3. The Balaban J connectivity index is 2.38. The van der Waals surface area contributed by atoms with Gasteiger partial charge in [-0.05, 0) is 22.8 Å². The lowest BCUT2D eigenvalue weighted by Crippen LogP contribution is -2.04. The topological polar surface area (TPSA) is 50.1 Å². The number of carbonyl (C=O) groups excluding carboxylic acids is 1. The maximum atomic E-state index is 11.2. The fourth-order valence-electron chi connectivity index (χ4n) is 1.90. The van der Waals surface area contributed by atoms with Crippen molar-refractivity contribution >= 4 is 5.97 Å². The molecule has 2 aromatic rings. The highest BCUT2D eigenvalue weighted by Gasteiger charge is 2.08. The zero-order valence-corrected chi connectivity index (χ0v) is 10.6. The van der Waals surface area contributed by atoms with E-state index in [4.69, 9.17) is 0 Å². The fraction of sp³-hybridized carbons (Fsp3) is 0.125. The highest BCUT2D eigenvalue weighted by atomic mass is 16.5. The quantitative estimate of drug-likeness (QED) is 0.788. The van der Waals surface area contributed by atoms with E-state index in [2.05, 4.69) is 10.8 Å². The lowest BCUT2D eigenvalue weighted by molar-refractivity contribution is -0.139. The molecule has 0 unspecified atom stereocenters. The average Bonchev–Trinajstić information content (AvgIpc) is 2.47. The summed E-state index contributed by atoms with van der Waals surface area (Å²) in [5.41, 5.74) is 3.20. The van der Waals surface area contributed by atoms with Crippen LogP contribution in [0.15, 0.2) is 48.5 Å². The van der Waals surface area contributed by atoms with E-state index < -0.39 is 0 Å². The Kier molecular flexibility index (Phi) is 3.94. The molecule has 0 radical (unpaired) electrons. The van der Waals surface area contributed by atoms with Crippen molar-refractivity contribution < 1.29 is 9.53 Å². The van der Waals surface area contributed by atoms with Gasteiger partial charge in [0.05, 0.1) is 25.2 Å². The summed E-state index contributed by atoms with van der Waals surface area (Å²) < 4.78 is 4.62. The Hall–Kier alpha value is -2.60. The minimum Gasteiger partial charge on any atom is -0.469 e. The largest absolute Gasteiger partial charge is 0.469 e. The van der Waals surface area contributed by atoms with Crippen molar-refractivity contribution in [2.24, 2.45) is 0 Å². The van der Waals surface area contributed by atoms with E-state index in [1.165, 1.54) is 7.11 Å². The van der Waals surface area contributed by atoms with Crippen LogP contribution in [0.3, 0.4) is 0 Å². The second-order valence-electron chi connectivity index (χ2n) is 4.11. The average molecular weight is 251 g/mol. The molecule has 0 fully saturated rings. The molecule has 2 aromatic carbocycles. The summed E-state index contributed by atoms with van der Waals surface area (Å²) in [6, 6.07) is 17.3. The van der Waals surface area contributed by atoms with E-state index in [0.717, 1.165) is 16.7 Å². The van der Waals surface area contributed by atoms with Crippen molar-refractivity contribution in [2.45, 2.75) is 6.42 Å². The van der Waals surface area contributed by atoms with Gasteiger partial charge >= 0.3 is 5.97 Å². The molecular weight excluding hydrogens is 238 g/mol. The van der Waals surface area contributed by atoms with Gasteiger partial charge in [0.1, 0.15) is 0 Å². The van der Waals surface area contributed by atoms with Crippen molar-refractivity contribution in [3.05, 3.63) is 59.7 Å². The van der Waals surface area contributed by atoms with Crippen LogP contribution in [0.5, 0.6) is 0 Å². The van der Waals surface area contributed by atoms with Crippen LogP contribution in [0.4, 0.5) is 0 Å². The van der Waals surface area contributed by atoms with E-state index in [-0.39, 0.29) is 12.4 Å². The van der Waals surface area contributed by atoms with Gasteiger partial charge < -0.3 is 4.74 Å². The Labute approximate surface area is 112 Å². The molecule has 3 nitrogen and oxygen atoms in total. The number of carbonyl (C=O) groups is 1. The zero-order valence-electron chi connectivity index (χ0n) is 10.6. The molecule has 0 spiro atoms. The SMILES string of the molecule is COC(=O)Cc1ccc(-c2ccccc2)c(C#N)c1. The van der Waals surface area contributed by atoms with Crippen molar-refractivity contribution in [1.82, 2.24) is 0 Å². The van der Waals surface area contributed by atoms with E-state index in [9.17, 15) is 10.1 Å². The summed E-state index contributed by atoms with van der Waals surface area (Å²) in [7, 11) is 1.35.